The zero-order valence-corrected chi connectivity index (χ0v) is 16.5. The Morgan fingerprint density at radius 2 is 2.00 bits per heavy atom. The Labute approximate surface area is 163 Å². The minimum Gasteiger partial charge on any atom is -0.383 e. The number of benzene rings is 1. The van der Waals surface area contributed by atoms with Gasteiger partial charge >= 0.3 is 0 Å². The fourth-order valence-electron chi connectivity index (χ4n) is 3.90. The molecule has 6 heteroatoms. The molecule has 3 rings (SSSR count). The molecule has 1 aromatic rings. The maximum atomic E-state index is 13.3. The van der Waals surface area contributed by atoms with Gasteiger partial charge in [-0.3, -0.25) is 4.79 Å². The average molecular weight is 387 g/mol. The average Bonchev–Trinajstić information content (AvgIpc) is 3.31. The first-order chi connectivity index (χ1) is 13.2. The molecule has 2 fully saturated rings. The Bertz CT molecular complexity index is 761. The first-order valence-corrected chi connectivity index (χ1v) is 11.0. The van der Waals surface area contributed by atoms with Crippen LogP contribution in [0.4, 0.5) is 0 Å². The van der Waals surface area contributed by atoms with Crippen molar-refractivity contribution in [2.45, 2.75) is 19.3 Å². The van der Waals surface area contributed by atoms with Gasteiger partial charge in [-0.15, -0.1) is 0 Å². The minimum absolute atomic E-state index is 0.00772. The van der Waals surface area contributed by atoms with Gasteiger partial charge in [0.15, 0.2) is 5.78 Å². The molecule has 144 valence electrons. The number of amides is 1. The SMILES string of the molecule is [C-]#[N+]C(C(=O)[C@H]1CN(CCOC)C(=O)[C@@H]1Cc1ccccc1)=S1CCCC1. The van der Waals surface area contributed by atoms with E-state index in [1.165, 1.54) is 0 Å². The summed E-state index contributed by atoms with van der Waals surface area (Å²) in [6.45, 7) is 8.91. The summed E-state index contributed by atoms with van der Waals surface area (Å²) in [6, 6.07) is 9.82. The molecule has 2 aliphatic heterocycles. The molecule has 2 saturated heterocycles. The van der Waals surface area contributed by atoms with Crippen LogP contribution in [-0.4, -0.2) is 59.9 Å². The number of nitrogens with zero attached hydrogens (tertiary/aromatic N) is 2. The first-order valence-electron chi connectivity index (χ1n) is 9.43. The molecule has 0 aliphatic carbocycles. The monoisotopic (exact) mass is 386 g/mol. The number of hydrogen-bond acceptors (Lipinski definition) is 3. The van der Waals surface area contributed by atoms with Gasteiger partial charge in [0, 0.05) is 26.1 Å². The maximum absolute atomic E-state index is 13.3. The van der Waals surface area contributed by atoms with E-state index in [9.17, 15) is 9.59 Å². The van der Waals surface area contributed by atoms with E-state index in [1.807, 2.05) is 30.3 Å². The lowest BCUT2D eigenvalue weighted by molar-refractivity contribution is -0.132. The van der Waals surface area contributed by atoms with Crippen LogP contribution in [0.15, 0.2) is 30.3 Å². The fraction of sp³-hybridized carbons (Fsp3) is 0.524. The summed E-state index contributed by atoms with van der Waals surface area (Å²) in [5.74, 6) is 0.992. The third-order valence-electron chi connectivity index (χ3n) is 5.35. The van der Waals surface area contributed by atoms with Crippen LogP contribution >= 0.6 is 10.5 Å². The standard InChI is InChI=1S/C21H26N2O3S/c1-22-20(27-12-6-7-13-27)19(24)18-15-23(10-11-26-2)21(25)17(18)14-16-8-4-3-5-9-16/h3-5,8-9,17-18H,6-7,10-15H2,2H3/t17-,18+/m1/s1. The summed E-state index contributed by atoms with van der Waals surface area (Å²) in [6.07, 6.45) is 2.72. The molecule has 0 N–H and O–H groups in total. The van der Waals surface area contributed by atoms with E-state index < -0.39 is 5.92 Å². The van der Waals surface area contributed by atoms with Gasteiger partial charge in [0.25, 0.3) is 4.99 Å². The van der Waals surface area contributed by atoms with E-state index in [0.717, 1.165) is 29.9 Å². The highest BCUT2D eigenvalue weighted by Gasteiger charge is 2.45. The lowest BCUT2D eigenvalue weighted by Gasteiger charge is -2.16. The van der Waals surface area contributed by atoms with E-state index in [-0.39, 0.29) is 28.1 Å². The zero-order valence-electron chi connectivity index (χ0n) is 15.7. The molecule has 27 heavy (non-hydrogen) atoms. The van der Waals surface area contributed by atoms with Crippen LogP contribution in [-0.2, 0) is 20.7 Å². The summed E-state index contributed by atoms with van der Waals surface area (Å²) in [5, 5.41) is 0. The predicted octanol–water partition coefficient (Wildman–Crippen LogP) is 2.63. The predicted molar refractivity (Wildman–Crippen MR) is 109 cm³/mol. The molecular formula is C21H26N2O3S. The van der Waals surface area contributed by atoms with E-state index in [4.69, 9.17) is 11.3 Å². The zero-order chi connectivity index (χ0) is 19.2. The Morgan fingerprint density at radius 3 is 2.63 bits per heavy atom. The maximum Gasteiger partial charge on any atom is 0.255 e. The largest absolute Gasteiger partial charge is 0.383 e. The summed E-state index contributed by atoms with van der Waals surface area (Å²) in [4.78, 5) is 32.0. The second-order valence-corrected chi connectivity index (χ2v) is 9.26. The van der Waals surface area contributed by atoms with Gasteiger partial charge in [-0.2, -0.15) is 10.5 Å². The van der Waals surface area contributed by atoms with Gasteiger partial charge in [0.2, 0.25) is 5.91 Å². The number of carbonyl (C=O) groups excluding carboxylic acids is 2. The second kappa shape index (κ2) is 9.29. The topological polar surface area (TPSA) is 51.0 Å². The fourth-order valence-corrected chi connectivity index (χ4v) is 6.16. The van der Waals surface area contributed by atoms with Crippen molar-refractivity contribution in [2.75, 3.05) is 38.3 Å². The molecule has 0 unspecified atom stereocenters. The van der Waals surface area contributed by atoms with Gasteiger partial charge in [-0.25, -0.2) is 4.85 Å². The highest BCUT2D eigenvalue weighted by Crippen LogP contribution is 2.33. The number of Topliss-reactive ketones (excluding diaryl/α,β-unsaturated/α-hetero) is 1. The molecule has 0 radical (unpaired) electrons. The van der Waals surface area contributed by atoms with Crippen molar-refractivity contribution in [1.82, 2.24) is 4.90 Å². The lowest BCUT2D eigenvalue weighted by atomic mass is 9.86. The number of hydrogen-bond donors (Lipinski definition) is 0. The van der Waals surface area contributed by atoms with E-state index >= 15 is 0 Å². The van der Waals surface area contributed by atoms with Crippen LogP contribution < -0.4 is 0 Å². The van der Waals surface area contributed by atoms with E-state index in [0.29, 0.717) is 31.1 Å². The summed E-state index contributed by atoms with van der Waals surface area (Å²) < 4.78 is 5.12. The number of rotatable bonds is 7. The van der Waals surface area contributed by atoms with Crippen molar-refractivity contribution in [3.05, 3.63) is 47.3 Å². The number of methoxy groups -OCH3 is 1. The van der Waals surface area contributed by atoms with Gasteiger partial charge in [-0.05, 0) is 36.3 Å². The highest BCUT2D eigenvalue weighted by atomic mass is 32.2. The summed E-state index contributed by atoms with van der Waals surface area (Å²) in [5.41, 5.74) is 1.05. The molecule has 0 bridgehead atoms. The minimum atomic E-state index is -0.424. The number of ether oxygens (including phenoxy) is 1. The van der Waals surface area contributed by atoms with Crippen LogP contribution in [0.25, 0.3) is 4.85 Å². The van der Waals surface area contributed by atoms with Crippen LogP contribution in [0, 0.1) is 18.4 Å². The summed E-state index contributed by atoms with van der Waals surface area (Å²) >= 11 is 0. The quantitative estimate of drug-likeness (QED) is 0.535. The first kappa shape index (κ1) is 19.8. The van der Waals surface area contributed by atoms with Crippen molar-refractivity contribution < 1.29 is 14.3 Å². The van der Waals surface area contributed by atoms with Gasteiger partial charge in [-0.1, -0.05) is 30.3 Å². The van der Waals surface area contributed by atoms with E-state index in [2.05, 4.69) is 4.85 Å². The molecular weight excluding hydrogens is 360 g/mol. The van der Waals surface area contributed by atoms with Crippen LogP contribution in [0.3, 0.4) is 0 Å². The number of likely N-dealkylation sites (tertiary alicyclic amines) is 1. The smallest absolute Gasteiger partial charge is 0.255 e. The number of carbonyl (C=O) groups is 2. The van der Waals surface area contributed by atoms with Crippen molar-refractivity contribution in [3.8, 4) is 0 Å². The molecule has 0 aromatic heterocycles. The molecule has 2 heterocycles. The molecule has 0 spiro atoms. The van der Waals surface area contributed by atoms with Crippen molar-refractivity contribution in [3.63, 3.8) is 0 Å². The van der Waals surface area contributed by atoms with Gasteiger partial charge in [0.1, 0.15) is 0 Å². The van der Waals surface area contributed by atoms with Gasteiger partial charge < -0.3 is 14.4 Å². The third-order valence-corrected chi connectivity index (χ3v) is 7.75. The van der Waals surface area contributed by atoms with Gasteiger partial charge in [0.05, 0.1) is 19.1 Å². The van der Waals surface area contributed by atoms with E-state index in [1.54, 1.807) is 12.0 Å². The normalized spacial score (nSPS) is 22.8. The van der Waals surface area contributed by atoms with Crippen molar-refractivity contribution >= 4 is 27.2 Å². The number of ketones is 1. The lowest BCUT2D eigenvalue weighted by Crippen LogP contribution is -2.31. The van der Waals surface area contributed by atoms with Crippen LogP contribution in [0.2, 0.25) is 0 Å². The molecule has 1 aromatic carbocycles. The molecule has 5 nitrogen and oxygen atoms in total. The molecule has 0 saturated carbocycles. The van der Waals surface area contributed by atoms with Crippen LogP contribution in [0.1, 0.15) is 18.4 Å². The van der Waals surface area contributed by atoms with Crippen LogP contribution in [0.5, 0.6) is 0 Å². The summed E-state index contributed by atoms with van der Waals surface area (Å²) in [7, 11) is 1.39. The highest BCUT2D eigenvalue weighted by molar-refractivity contribution is 8.17. The third kappa shape index (κ3) is 4.48. The Morgan fingerprint density at radius 1 is 1.30 bits per heavy atom. The Hall–Kier alpha value is -1.97. The Kier molecular flexibility index (Phi) is 6.81. The van der Waals surface area contributed by atoms with Crippen molar-refractivity contribution in [2.24, 2.45) is 11.8 Å². The molecule has 2 aliphatic rings. The second-order valence-electron chi connectivity index (χ2n) is 7.07. The molecule has 2 atom stereocenters. The van der Waals surface area contributed by atoms with Crippen molar-refractivity contribution in [1.29, 1.82) is 0 Å². The molecule has 1 amide bonds. The Balaban J connectivity index is 1.87.